The highest BCUT2D eigenvalue weighted by Gasteiger charge is 2.28. The van der Waals surface area contributed by atoms with Crippen molar-refractivity contribution in [3.63, 3.8) is 0 Å². The molecule has 4 atom stereocenters. The first-order chi connectivity index (χ1) is 17.3. The molecule has 216 valence electrons. The quantitative estimate of drug-likeness (QED) is 0.0749. The third kappa shape index (κ3) is 20.5. The fraction of sp³-hybridized carbons (Fsp3) is 0.962. The number of phosphoric ester groups is 1. The molecular formula is C26H54NO8P. The van der Waals surface area contributed by atoms with E-state index in [1.54, 1.807) is 6.92 Å². The number of hydrogen-bond acceptors (Lipinski definition) is 7. The maximum atomic E-state index is 11.7. The minimum atomic E-state index is -4.29. The Labute approximate surface area is 219 Å². The molecular weight excluding hydrogens is 485 g/mol. The molecule has 0 aliphatic carbocycles. The lowest BCUT2D eigenvalue weighted by Crippen LogP contribution is -2.33. The molecule has 0 saturated heterocycles. The van der Waals surface area contributed by atoms with Gasteiger partial charge in [0.25, 0.3) is 0 Å². The molecule has 36 heavy (non-hydrogen) atoms. The monoisotopic (exact) mass is 539 g/mol. The van der Waals surface area contributed by atoms with Gasteiger partial charge in [0.1, 0.15) is 6.10 Å². The predicted octanol–water partition coefficient (Wildman–Crippen LogP) is 5.81. The van der Waals surface area contributed by atoms with Crippen LogP contribution in [0.15, 0.2) is 0 Å². The molecule has 5 N–H and O–H groups in total. The van der Waals surface area contributed by atoms with Crippen molar-refractivity contribution in [1.29, 1.82) is 0 Å². The maximum Gasteiger partial charge on any atom is 0.472 e. The van der Waals surface area contributed by atoms with Crippen LogP contribution in [-0.4, -0.2) is 59.6 Å². The highest BCUT2D eigenvalue weighted by atomic mass is 31.2. The summed E-state index contributed by atoms with van der Waals surface area (Å²) in [6.07, 6.45) is 16.8. The number of carboxylic acid groups (broad SMARTS) is 1. The number of ether oxygens (including phenoxy) is 1. The predicted molar refractivity (Wildman–Crippen MR) is 143 cm³/mol. The first-order valence-corrected chi connectivity index (χ1v) is 15.6. The molecule has 0 spiro atoms. The van der Waals surface area contributed by atoms with Crippen molar-refractivity contribution >= 4 is 13.8 Å². The van der Waals surface area contributed by atoms with E-state index in [1.165, 1.54) is 70.6 Å². The molecule has 0 amide bonds. The number of rotatable bonds is 27. The van der Waals surface area contributed by atoms with Crippen molar-refractivity contribution in [3.8, 4) is 0 Å². The van der Waals surface area contributed by atoms with Gasteiger partial charge in [-0.2, -0.15) is 0 Å². The third-order valence-corrected chi connectivity index (χ3v) is 7.34. The highest BCUT2D eigenvalue weighted by molar-refractivity contribution is 7.47. The number of nitrogens with two attached hydrogens (primary N) is 1. The van der Waals surface area contributed by atoms with Gasteiger partial charge in [0.15, 0.2) is 0 Å². The van der Waals surface area contributed by atoms with Gasteiger partial charge in [-0.25, -0.2) is 4.57 Å². The second kappa shape index (κ2) is 23.6. The fourth-order valence-corrected chi connectivity index (χ4v) is 4.98. The van der Waals surface area contributed by atoms with E-state index >= 15 is 0 Å². The van der Waals surface area contributed by atoms with E-state index in [9.17, 15) is 24.5 Å². The van der Waals surface area contributed by atoms with Crippen molar-refractivity contribution in [2.45, 2.75) is 129 Å². The summed E-state index contributed by atoms with van der Waals surface area (Å²) in [5.74, 6) is -1.59. The topological polar surface area (TPSA) is 149 Å². The zero-order chi connectivity index (χ0) is 27.1. The van der Waals surface area contributed by atoms with Crippen molar-refractivity contribution < 1.29 is 38.3 Å². The molecule has 3 unspecified atom stereocenters. The Kier molecular flexibility index (Phi) is 23.2. The second-order valence-corrected chi connectivity index (χ2v) is 11.1. The van der Waals surface area contributed by atoms with E-state index in [4.69, 9.17) is 15.0 Å². The van der Waals surface area contributed by atoms with Gasteiger partial charge >= 0.3 is 13.8 Å². The summed E-state index contributed by atoms with van der Waals surface area (Å²) >= 11 is 0. The smallest absolute Gasteiger partial charge is 0.472 e. The molecule has 0 aliphatic heterocycles. The average molecular weight is 540 g/mol. The number of hydrogen-bond donors (Lipinski definition) is 4. The molecule has 0 fully saturated rings. The summed E-state index contributed by atoms with van der Waals surface area (Å²) < 4.78 is 26.7. The number of aliphatic hydroxyl groups excluding tert-OH is 1. The van der Waals surface area contributed by atoms with Gasteiger partial charge in [-0.05, 0) is 12.8 Å². The van der Waals surface area contributed by atoms with Crippen LogP contribution in [0.2, 0.25) is 0 Å². The van der Waals surface area contributed by atoms with Gasteiger partial charge in [-0.1, -0.05) is 104 Å². The zero-order valence-electron chi connectivity index (χ0n) is 22.8. The minimum Gasteiger partial charge on any atom is -0.481 e. The van der Waals surface area contributed by atoms with E-state index in [2.05, 4.69) is 11.4 Å². The summed E-state index contributed by atoms with van der Waals surface area (Å²) in [6, 6.07) is 0. The van der Waals surface area contributed by atoms with E-state index in [-0.39, 0.29) is 19.8 Å². The third-order valence-electron chi connectivity index (χ3n) is 6.35. The first kappa shape index (κ1) is 35.5. The molecule has 0 aromatic heterocycles. The first-order valence-electron chi connectivity index (χ1n) is 14.1. The second-order valence-electron chi connectivity index (χ2n) is 9.65. The maximum absolute atomic E-state index is 11.7. The number of carboxylic acids is 1. The van der Waals surface area contributed by atoms with Crippen LogP contribution in [0, 0.1) is 5.92 Å². The molecule has 0 aromatic rings. The Balaban J connectivity index is 4.11. The summed E-state index contributed by atoms with van der Waals surface area (Å²) in [5.41, 5.74) is 5.22. The van der Waals surface area contributed by atoms with Gasteiger partial charge in [0.2, 0.25) is 0 Å². The fourth-order valence-electron chi connectivity index (χ4n) is 4.21. The highest BCUT2D eigenvalue weighted by Crippen LogP contribution is 2.42. The Morgan fingerprint density at radius 2 is 1.33 bits per heavy atom. The van der Waals surface area contributed by atoms with Crippen molar-refractivity contribution in [1.82, 2.24) is 0 Å². The van der Waals surface area contributed by atoms with Crippen LogP contribution >= 0.6 is 7.82 Å². The van der Waals surface area contributed by atoms with Crippen LogP contribution in [0.4, 0.5) is 0 Å². The Hall–Kier alpha value is -0.540. The van der Waals surface area contributed by atoms with E-state index in [0.29, 0.717) is 12.8 Å². The zero-order valence-corrected chi connectivity index (χ0v) is 23.7. The summed E-state index contributed by atoms with van der Waals surface area (Å²) in [5, 5.41) is 19.6. The van der Waals surface area contributed by atoms with Crippen molar-refractivity contribution in [2.75, 3.05) is 26.4 Å². The molecule has 9 nitrogen and oxygen atoms in total. The molecule has 0 saturated carbocycles. The van der Waals surface area contributed by atoms with Crippen LogP contribution in [-0.2, 0) is 23.1 Å². The van der Waals surface area contributed by atoms with E-state index in [1.807, 2.05) is 0 Å². The van der Waals surface area contributed by atoms with Crippen LogP contribution in [0.3, 0.4) is 0 Å². The lowest BCUT2D eigenvalue weighted by atomic mass is 9.94. The minimum absolute atomic E-state index is 0.0636. The Morgan fingerprint density at radius 1 is 0.833 bits per heavy atom. The summed E-state index contributed by atoms with van der Waals surface area (Å²) in [4.78, 5) is 21.1. The molecule has 0 bridgehead atoms. The standard InChI is InChI=1S/C26H54NO8P/c1-3-5-6-7-8-9-10-11-12-13-14-15-16-17-18-25(24(4-2)26(29)30)33-21-23(28)22-35-36(31,32)34-20-19-27/h23-25,28H,3-22,27H2,1-2H3,(H,29,30)(H,31,32)/t23?,24-,25?/m0/s1. The number of carbonyl (C=O) groups is 1. The van der Waals surface area contributed by atoms with Gasteiger partial charge in [-0.15, -0.1) is 0 Å². The van der Waals surface area contributed by atoms with Gasteiger partial charge in [0.05, 0.1) is 31.8 Å². The lowest BCUT2D eigenvalue weighted by Gasteiger charge is -2.25. The molecule has 10 heteroatoms. The Morgan fingerprint density at radius 3 is 1.78 bits per heavy atom. The number of unbranched alkanes of at least 4 members (excludes halogenated alkanes) is 13. The van der Waals surface area contributed by atoms with Crippen LogP contribution in [0.25, 0.3) is 0 Å². The van der Waals surface area contributed by atoms with E-state index < -0.39 is 38.5 Å². The number of aliphatic carboxylic acids is 1. The lowest BCUT2D eigenvalue weighted by molar-refractivity contribution is -0.149. The largest absolute Gasteiger partial charge is 0.481 e. The molecule has 0 aromatic carbocycles. The van der Waals surface area contributed by atoms with Crippen LogP contribution in [0.5, 0.6) is 0 Å². The average Bonchev–Trinajstić information content (AvgIpc) is 2.84. The molecule has 0 heterocycles. The SMILES string of the molecule is CCCCCCCCCCCCCCCCC(OCC(O)COP(=O)(O)OCCN)[C@H](CC)C(=O)O. The molecule has 0 radical (unpaired) electrons. The Bertz CT molecular complexity index is 566. The normalized spacial score (nSPS) is 15.9. The van der Waals surface area contributed by atoms with Gasteiger partial charge in [-0.3, -0.25) is 13.8 Å². The summed E-state index contributed by atoms with van der Waals surface area (Å²) in [7, 11) is -4.29. The van der Waals surface area contributed by atoms with Gasteiger partial charge in [0, 0.05) is 6.54 Å². The number of aliphatic hydroxyl groups is 1. The van der Waals surface area contributed by atoms with E-state index in [0.717, 1.165) is 19.3 Å². The van der Waals surface area contributed by atoms with Crippen LogP contribution in [0.1, 0.15) is 117 Å². The van der Waals surface area contributed by atoms with Crippen molar-refractivity contribution in [2.24, 2.45) is 11.7 Å². The number of phosphoric acid groups is 1. The van der Waals surface area contributed by atoms with Gasteiger partial charge < -0.3 is 25.6 Å². The molecule has 0 rings (SSSR count). The van der Waals surface area contributed by atoms with Crippen molar-refractivity contribution in [3.05, 3.63) is 0 Å². The molecule has 0 aliphatic rings. The summed E-state index contributed by atoms with van der Waals surface area (Å²) in [6.45, 7) is 3.32. The van der Waals surface area contributed by atoms with Crippen LogP contribution < -0.4 is 5.73 Å².